The first-order valence-corrected chi connectivity index (χ1v) is 11.7. The molecule has 1 aromatic rings. The highest BCUT2D eigenvalue weighted by Crippen LogP contribution is 2.17. The molecule has 1 heterocycles. The average molecular weight is 452 g/mol. The normalized spacial score (nSPS) is 15.3. The zero-order chi connectivity index (χ0) is 22.6. The predicted molar refractivity (Wildman–Crippen MR) is 120 cm³/mol. The monoisotopic (exact) mass is 451 g/mol. The van der Waals surface area contributed by atoms with Crippen LogP contribution in [0.3, 0.4) is 0 Å². The molecule has 31 heavy (non-hydrogen) atoms. The number of carboxylic acids is 1. The van der Waals surface area contributed by atoms with Crippen LogP contribution in [0.5, 0.6) is 0 Å². The Hall–Kier alpha value is -2.10. The first-order valence-electron chi connectivity index (χ1n) is 10.7. The van der Waals surface area contributed by atoms with Crippen LogP contribution in [-0.4, -0.2) is 78.1 Å². The van der Waals surface area contributed by atoms with E-state index in [1.54, 1.807) is 11.9 Å². The molecule has 1 aliphatic heterocycles. The fraction of sp³-hybridized carbons (Fsp3) is 0.591. The molecule has 8 nitrogen and oxygen atoms in total. The molecule has 1 atom stereocenters. The summed E-state index contributed by atoms with van der Waals surface area (Å²) in [4.78, 5) is 40.3. The van der Waals surface area contributed by atoms with E-state index in [0.29, 0.717) is 31.9 Å². The number of rotatable bonds is 12. The summed E-state index contributed by atoms with van der Waals surface area (Å²) in [5.74, 6) is -0.937. The van der Waals surface area contributed by atoms with Crippen molar-refractivity contribution >= 4 is 29.7 Å². The number of benzene rings is 1. The maximum absolute atomic E-state index is 13.1. The van der Waals surface area contributed by atoms with Gasteiger partial charge in [-0.25, -0.2) is 0 Å². The number of hydrogen-bond donors (Lipinski definition) is 2. The molecule has 1 unspecified atom stereocenters. The molecule has 0 aliphatic carbocycles. The van der Waals surface area contributed by atoms with Crippen LogP contribution in [-0.2, 0) is 24.9 Å². The Morgan fingerprint density at radius 2 is 1.90 bits per heavy atom. The molecule has 1 aromatic carbocycles. The summed E-state index contributed by atoms with van der Waals surface area (Å²) in [5.41, 5.74) is 1.09. The molecule has 172 valence electrons. The van der Waals surface area contributed by atoms with Gasteiger partial charge in [0.1, 0.15) is 12.6 Å². The highest BCUT2D eigenvalue weighted by atomic mass is 32.2. The Bertz CT molecular complexity index is 712. The minimum atomic E-state index is -1.07. The fourth-order valence-electron chi connectivity index (χ4n) is 3.49. The number of aliphatic carboxylic acids is 1. The third-order valence-electron chi connectivity index (χ3n) is 5.25. The van der Waals surface area contributed by atoms with Gasteiger partial charge in [-0.05, 0) is 24.8 Å². The number of nitrogens with one attached hydrogen (secondary N) is 1. The van der Waals surface area contributed by atoms with Crippen LogP contribution in [0.2, 0.25) is 0 Å². The lowest BCUT2D eigenvalue weighted by Crippen LogP contribution is -2.50. The lowest BCUT2D eigenvalue weighted by Gasteiger charge is -2.33. The van der Waals surface area contributed by atoms with Gasteiger partial charge in [0.05, 0.1) is 6.42 Å². The van der Waals surface area contributed by atoms with Crippen molar-refractivity contribution in [3.05, 3.63) is 35.9 Å². The van der Waals surface area contributed by atoms with Gasteiger partial charge < -0.3 is 19.6 Å². The van der Waals surface area contributed by atoms with E-state index in [2.05, 4.69) is 4.72 Å². The van der Waals surface area contributed by atoms with Gasteiger partial charge in [0.2, 0.25) is 11.8 Å². The summed E-state index contributed by atoms with van der Waals surface area (Å²) in [7, 11) is 1.76. The highest BCUT2D eigenvalue weighted by molar-refractivity contribution is 7.96. The number of ether oxygens (including phenoxy) is 1. The molecule has 0 saturated carbocycles. The first-order chi connectivity index (χ1) is 14.9. The summed E-state index contributed by atoms with van der Waals surface area (Å²) in [5, 5.41) is 9.20. The first kappa shape index (κ1) is 25.2. The van der Waals surface area contributed by atoms with Crippen molar-refractivity contribution in [1.29, 1.82) is 0 Å². The number of nitrogens with zero attached hydrogens (tertiary/aromatic N) is 2. The lowest BCUT2D eigenvalue weighted by atomic mass is 10.1. The van der Waals surface area contributed by atoms with Crippen LogP contribution in [0, 0.1) is 0 Å². The molecule has 1 fully saturated rings. The smallest absolute Gasteiger partial charge is 0.323 e. The van der Waals surface area contributed by atoms with E-state index in [9.17, 15) is 19.5 Å². The third kappa shape index (κ3) is 8.51. The number of hydrogen-bond acceptors (Lipinski definition) is 6. The molecule has 9 heteroatoms. The van der Waals surface area contributed by atoms with Crippen molar-refractivity contribution in [2.75, 3.05) is 33.4 Å². The molecular formula is C22H33N3O5S. The van der Waals surface area contributed by atoms with E-state index in [-0.39, 0.29) is 30.8 Å². The standard InChI is InChI=1S/C22H33N3O5S/c1-3-11-25(15-21(27)28)22(29)19(23-31-16-17-7-5-4-6-8-17)14-20(26)24(2)18-9-12-30-13-10-18/h4-8,18-19,23H,3,9-16H2,1-2H3,(H,27,28). The Kier molecular flexibility index (Phi) is 10.8. The van der Waals surface area contributed by atoms with E-state index in [1.165, 1.54) is 16.8 Å². The second-order valence-corrected chi connectivity index (χ2v) is 8.46. The van der Waals surface area contributed by atoms with Crippen LogP contribution in [0.25, 0.3) is 0 Å². The zero-order valence-corrected chi connectivity index (χ0v) is 19.1. The van der Waals surface area contributed by atoms with Crippen molar-refractivity contribution in [2.24, 2.45) is 0 Å². The van der Waals surface area contributed by atoms with Gasteiger partial charge in [0.15, 0.2) is 0 Å². The number of carboxylic acid groups (broad SMARTS) is 1. The van der Waals surface area contributed by atoms with Gasteiger partial charge in [-0.3, -0.25) is 19.1 Å². The molecule has 1 aliphatic rings. The van der Waals surface area contributed by atoms with Gasteiger partial charge in [0.25, 0.3) is 0 Å². The van der Waals surface area contributed by atoms with Gasteiger partial charge in [-0.2, -0.15) is 0 Å². The van der Waals surface area contributed by atoms with Gasteiger partial charge in [0, 0.05) is 38.6 Å². The summed E-state index contributed by atoms with van der Waals surface area (Å²) < 4.78 is 8.50. The summed E-state index contributed by atoms with van der Waals surface area (Å²) in [6.45, 7) is 3.09. The molecule has 0 radical (unpaired) electrons. The fourth-order valence-corrected chi connectivity index (χ4v) is 4.32. The molecule has 0 spiro atoms. The van der Waals surface area contributed by atoms with Gasteiger partial charge in [-0.1, -0.05) is 49.2 Å². The zero-order valence-electron chi connectivity index (χ0n) is 18.3. The van der Waals surface area contributed by atoms with E-state index in [1.807, 2.05) is 37.3 Å². The minimum Gasteiger partial charge on any atom is -0.480 e. The number of amides is 2. The average Bonchev–Trinajstić information content (AvgIpc) is 2.78. The summed E-state index contributed by atoms with van der Waals surface area (Å²) in [6.07, 6.45) is 2.17. The number of carbonyl (C=O) groups is 3. The molecule has 2 N–H and O–H groups in total. The lowest BCUT2D eigenvalue weighted by molar-refractivity contribution is -0.146. The molecule has 0 aromatic heterocycles. The summed E-state index contributed by atoms with van der Waals surface area (Å²) >= 11 is 1.35. The molecule has 2 amide bonds. The number of carbonyl (C=O) groups excluding carboxylic acids is 2. The third-order valence-corrected chi connectivity index (χ3v) is 6.18. The Morgan fingerprint density at radius 3 is 2.52 bits per heavy atom. The van der Waals surface area contributed by atoms with E-state index < -0.39 is 12.0 Å². The molecule has 1 saturated heterocycles. The van der Waals surface area contributed by atoms with Crippen LogP contribution < -0.4 is 4.72 Å². The SMILES string of the molecule is CCCN(CC(=O)O)C(=O)C(CC(=O)N(C)C1CCOCC1)NSCc1ccccc1. The largest absolute Gasteiger partial charge is 0.480 e. The quantitative estimate of drug-likeness (QED) is 0.470. The Balaban J connectivity index is 2.06. The minimum absolute atomic E-state index is 0.0195. The molecule has 2 rings (SSSR count). The Morgan fingerprint density at radius 1 is 1.23 bits per heavy atom. The Labute approximate surface area is 188 Å². The van der Waals surface area contributed by atoms with Crippen LogP contribution >= 0.6 is 11.9 Å². The molecule has 0 bridgehead atoms. The maximum atomic E-state index is 13.1. The highest BCUT2D eigenvalue weighted by Gasteiger charge is 2.30. The molecular weight excluding hydrogens is 418 g/mol. The van der Waals surface area contributed by atoms with E-state index in [4.69, 9.17) is 4.74 Å². The van der Waals surface area contributed by atoms with Crippen LogP contribution in [0.4, 0.5) is 0 Å². The van der Waals surface area contributed by atoms with Crippen molar-refractivity contribution in [3.63, 3.8) is 0 Å². The van der Waals surface area contributed by atoms with Crippen LogP contribution in [0.15, 0.2) is 30.3 Å². The predicted octanol–water partition coefficient (Wildman–Crippen LogP) is 2.14. The van der Waals surface area contributed by atoms with Crippen molar-refractivity contribution in [2.45, 2.75) is 50.4 Å². The van der Waals surface area contributed by atoms with Gasteiger partial charge >= 0.3 is 5.97 Å². The van der Waals surface area contributed by atoms with E-state index >= 15 is 0 Å². The maximum Gasteiger partial charge on any atom is 0.323 e. The second kappa shape index (κ2) is 13.3. The summed E-state index contributed by atoms with van der Waals surface area (Å²) in [6, 6.07) is 9.11. The van der Waals surface area contributed by atoms with Crippen LogP contribution in [0.1, 0.15) is 38.2 Å². The topological polar surface area (TPSA) is 99.2 Å². The van der Waals surface area contributed by atoms with Crippen molar-refractivity contribution in [1.82, 2.24) is 14.5 Å². The second-order valence-electron chi connectivity index (χ2n) is 7.65. The van der Waals surface area contributed by atoms with Gasteiger partial charge in [-0.15, -0.1) is 0 Å². The van der Waals surface area contributed by atoms with Crippen molar-refractivity contribution < 1.29 is 24.2 Å². The van der Waals surface area contributed by atoms with Crippen molar-refractivity contribution in [3.8, 4) is 0 Å². The van der Waals surface area contributed by atoms with E-state index in [0.717, 1.165) is 18.4 Å².